The normalized spacial score (nSPS) is 31.2. The van der Waals surface area contributed by atoms with E-state index in [-0.39, 0.29) is 17.1 Å². The predicted octanol–water partition coefficient (Wildman–Crippen LogP) is 4.82. The highest BCUT2D eigenvalue weighted by molar-refractivity contribution is 7.13. The Bertz CT molecular complexity index is 826. The van der Waals surface area contributed by atoms with Crippen molar-refractivity contribution in [1.29, 1.82) is 0 Å². The molecule has 0 atom stereocenters. The minimum atomic E-state index is -0.243. The lowest BCUT2D eigenvalue weighted by Gasteiger charge is -2.55. The Balaban J connectivity index is 1.19. The Labute approximate surface area is 163 Å². The van der Waals surface area contributed by atoms with Crippen molar-refractivity contribution in [1.82, 2.24) is 10.3 Å². The number of hydrogen-bond acceptors (Lipinski definition) is 3. The summed E-state index contributed by atoms with van der Waals surface area (Å²) in [5.41, 5.74) is 1.69. The molecule has 3 nitrogen and oxygen atoms in total. The quantitative estimate of drug-likeness (QED) is 0.803. The highest BCUT2D eigenvalue weighted by Crippen LogP contribution is 2.60. The number of rotatable bonds is 5. The Hall–Kier alpha value is -1.75. The minimum Gasteiger partial charge on any atom is -0.355 e. The van der Waals surface area contributed by atoms with Gasteiger partial charge in [0, 0.05) is 29.3 Å². The monoisotopic (exact) mass is 384 g/mol. The van der Waals surface area contributed by atoms with Crippen molar-refractivity contribution >= 4 is 17.2 Å². The van der Waals surface area contributed by atoms with E-state index in [1.54, 1.807) is 6.07 Å². The summed E-state index contributed by atoms with van der Waals surface area (Å²) in [5.74, 6) is 2.40. The number of carbonyl (C=O) groups is 1. The molecule has 1 aromatic carbocycles. The molecule has 1 heterocycles. The lowest BCUT2D eigenvalue weighted by molar-refractivity contribution is -0.146. The molecule has 0 radical (unpaired) electrons. The average Bonchev–Trinajstić information content (AvgIpc) is 3.09. The number of aromatic nitrogens is 1. The van der Waals surface area contributed by atoms with E-state index in [1.165, 1.54) is 42.7 Å². The van der Waals surface area contributed by atoms with Crippen LogP contribution in [0.4, 0.5) is 4.39 Å². The van der Waals surface area contributed by atoms with Crippen LogP contribution in [0.3, 0.4) is 0 Å². The molecule has 1 amide bonds. The lowest BCUT2D eigenvalue weighted by Crippen LogP contribution is -2.53. The number of benzene rings is 1. The van der Waals surface area contributed by atoms with Gasteiger partial charge in [0.25, 0.3) is 0 Å². The van der Waals surface area contributed by atoms with Crippen molar-refractivity contribution in [3.8, 4) is 10.6 Å². The van der Waals surface area contributed by atoms with Crippen molar-refractivity contribution in [2.24, 2.45) is 23.2 Å². The second kappa shape index (κ2) is 6.69. The van der Waals surface area contributed by atoms with Crippen LogP contribution in [0, 0.1) is 29.0 Å². The smallest absolute Gasteiger partial charge is 0.226 e. The Morgan fingerprint density at radius 1 is 1.19 bits per heavy atom. The number of hydrogen-bond donors (Lipinski definition) is 1. The molecule has 4 saturated carbocycles. The fourth-order valence-electron chi connectivity index (χ4n) is 6.06. The van der Waals surface area contributed by atoms with Gasteiger partial charge in [0.2, 0.25) is 5.91 Å². The van der Waals surface area contributed by atoms with E-state index in [0.717, 1.165) is 59.7 Å². The second-order valence-corrected chi connectivity index (χ2v) is 9.72. The average molecular weight is 385 g/mol. The molecule has 5 heteroatoms. The molecule has 27 heavy (non-hydrogen) atoms. The molecule has 0 spiro atoms. The van der Waals surface area contributed by atoms with Crippen molar-refractivity contribution < 1.29 is 9.18 Å². The number of nitrogens with one attached hydrogen (secondary N) is 1. The fraction of sp³-hybridized carbons (Fsp3) is 0.545. The first-order valence-corrected chi connectivity index (χ1v) is 11.0. The molecular formula is C22H25FN2OS. The van der Waals surface area contributed by atoms with Crippen molar-refractivity contribution in [3.63, 3.8) is 0 Å². The second-order valence-electron chi connectivity index (χ2n) is 8.86. The standard InChI is InChI=1S/C22H25FN2OS/c23-18-3-1-2-17(9-18)20-25-19(13-27-20)4-5-24-21(26)22-10-14-6-15(11-22)8-16(7-14)12-22/h1-3,9,13-16H,4-8,10-12H2,(H,24,26). The van der Waals surface area contributed by atoms with Crippen LogP contribution < -0.4 is 5.32 Å². The van der Waals surface area contributed by atoms with Crippen molar-refractivity contribution in [2.75, 3.05) is 6.54 Å². The highest BCUT2D eigenvalue weighted by atomic mass is 32.1. The van der Waals surface area contributed by atoms with Gasteiger partial charge in [0.1, 0.15) is 10.8 Å². The van der Waals surface area contributed by atoms with Gasteiger partial charge in [-0.3, -0.25) is 4.79 Å². The maximum Gasteiger partial charge on any atom is 0.226 e. The summed E-state index contributed by atoms with van der Waals surface area (Å²) in [4.78, 5) is 17.6. The summed E-state index contributed by atoms with van der Waals surface area (Å²) in [6.07, 6.45) is 8.10. The van der Waals surface area contributed by atoms with Gasteiger partial charge in [-0.05, 0) is 68.4 Å². The van der Waals surface area contributed by atoms with Gasteiger partial charge in [-0.2, -0.15) is 0 Å². The molecule has 4 fully saturated rings. The third-order valence-corrected chi connectivity index (χ3v) is 7.75. The Morgan fingerprint density at radius 3 is 2.56 bits per heavy atom. The molecule has 6 rings (SSSR count). The summed E-state index contributed by atoms with van der Waals surface area (Å²) < 4.78 is 13.4. The Kier molecular flexibility index (Phi) is 4.30. The van der Waals surface area contributed by atoms with Crippen molar-refractivity contribution in [3.05, 3.63) is 41.2 Å². The third-order valence-electron chi connectivity index (χ3n) is 6.81. The van der Waals surface area contributed by atoms with E-state index < -0.39 is 0 Å². The summed E-state index contributed by atoms with van der Waals surface area (Å²) in [5, 5.41) is 6.05. The maximum atomic E-state index is 13.4. The van der Waals surface area contributed by atoms with E-state index in [4.69, 9.17) is 0 Å². The fourth-order valence-corrected chi connectivity index (χ4v) is 6.91. The number of carbonyl (C=O) groups excluding carboxylic acids is 1. The molecule has 0 unspecified atom stereocenters. The molecule has 142 valence electrons. The molecule has 1 N–H and O–H groups in total. The first-order valence-electron chi connectivity index (χ1n) is 10.1. The molecule has 1 aromatic heterocycles. The zero-order valence-electron chi connectivity index (χ0n) is 15.4. The molecule has 0 aliphatic heterocycles. The van der Waals surface area contributed by atoms with Gasteiger partial charge in [-0.1, -0.05) is 12.1 Å². The molecule has 4 aliphatic rings. The number of nitrogens with zero attached hydrogens (tertiary/aromatic N) is 1. The predicted molar refractivity (Wildman–Crippen MR) is 105 cm³/mol. The van der Waals surface area contributed by atoms with Crippen LogP contribution in [0.25, 0.3) is 10.6 Å². The minimum absolute atomic E-state index is 0.0798. The van der Waals surface area contributed by atoms with Crippen LogP contribution in [0.15, 0.2) is 29.6 Å². The topological polar surface area (TPSA) is 42.0 Å². The maximum absolute atomic E-state index is 13.4. The zero-order chi connectivity index (χ0) is 18.4. The number of amides is 1. The van der Waals surface area contributed by atoms with Crippen LogP contribution in [0.2, 0.25) is 0 Å². The van der Waals surface area contributed by atoms with E-state index in [9.17, 15) is 9.18 Å². The first-order chi connectivity index (χ1) is 13.1. The van der Waals surface area contributed by atoms with Crippen LogP contribution in [0.5, 0.6) is 0 Å². The van der Waals surface area contributed by atoms with E-state index in [0.29, 0.717) is 6.54 Å². The van der Waals surface area contributed by atoms with E-state index in [1.807, 2.05) is 11.4 Å². The van der Waals surface area contributed by atoms with Crippen LogP contribution >= 0.6 is 11.3 Å². The highest BCUT2D eigenvalue weighted by Gasteiger charge is 2.54. The Morgan fingerprint density at radius 2 is 1.89 bits per heavy atom. The van der Waals surface area contributed by atoms with E-state index >= 15 is 0 Å². The summed E-state index contributed by atoms with van der Waals surface area (Å²) in [7, 11) is 0. The lowest BCUT2D eigenvalue weighted by atomic mass is 9.49. The molecule has 4 bridgehead atoms. The third kappa shape index (κ3) is 3.31. The van der Waals surface area contributed by atoms with Crippen LogP contribution in [0.1, 0.15) is 44.2 Å². The SMILES string of the molecule is O=C(NCCc1csc(-c2cccc(F)c2)n1)C12CC3CC(CC(C3)C1)C2. The van der Waals surface area contributed by atoms with Crippen LogP contribution in [-0.4, -0.2) is 17.4 Å². The molecule has 2 aromatic rings. The largest absolute Gasteiger partial charge is 0.355 e. The zero-order valence-corrected chi connectivity index (χ0v) is 16.2. The number of thiazole rings is 1. The summed E-state index contributed by atoms with van der Waals surface area (Å²) >= 11 is 1.53. The van der Waals surface area contributed by atoms with Gasteiger partial charge in [-0.15, -0.1) is 11.3 Å². The molecular weight excluding hydrogens is 359 g/mol. The van der Waals surface area contributed by atoms with Gasteiger partial charge in [0.05, 0.1) is 5.69 Å². The number of halogens is 1. The first kappa shape index (κ1) is 17.4. The van der Waals surface area contributed by atoms with Gasteiger partial charge in [-0.25, -0.2) is 9.37 Å². The van der Waals surface area contributed by atoms with Crippen LogP contribution in [-0.2, 0) is 11.2 Å². The van der Waals surface area contributed by atoms with Gasteiger partial charge in [0.15, 0.2) is 0 Å². The van der Waals surface area contributed by atoms with Gasteiger partial charge >= 0.3 is 0 Å². The van der Waals surface area contributed by atoms with Crippen molar-refractivity contribution in [2.45, 2.75) is 44.9 Å². The van der Waals surface area contributed by atoms with Gasteiger partial charge < -0.3 is 5.32 Å². The summed E-state index contributed by atoms with van der Waals surface area (Å²) in [6, 6.07) is 6.54. The van der Waals surface area contributed by atoms with E-state index in [2.05, 4.69) is 10.3 Å². The molecule has 4 aliphatic carbocycles. The molecule has 0 saturated heterocycles. The summed E-state index contributed by atoms with van der Waals surface area (Å²) in [6.45, 7) is 0.632.